The Morgan fingerprint density at radius 3 is 2.79 bits per heavy atom. The van der Waals surface area contributed by atoms with Crippen molar-refractivity contribution < 1.29 is 14.6 Å². The molecule has 1 aromatic rings. The fraction of sp³-hybridized carbons (Fsp3) is 0.533. The maximum atomic E-state index is 11.1. The van der Waals surface area contributed by atoms with E-state index in [4.69, 9.17) is 9.84 Å². The van der Waals surface area contributed by atoms with Crippen LogP contribution in [0, 0.1) is 0 Å². The fourth-order valence-corrected chi connectivity index (χ4v) is 2.62. The summed E-state index contributed by atoms with van der Waals surface area (Å²) in [4.78, 5) is 13.1. The highest BCUT2D eigenvalue weighted by Gasteiger charge is 2.27. The van der Waals surface area contributed by atoms with E-state index >= 15 is 0 Å². The predicted molar refractivity (Wildman–Crippen MR) is 74.5 cm³/mol. The van der Waals surface area contributed by atoms with E-state index in [-0.39, 0.29) is 18.7 Å². The molecule has 0 amide bonds. The molecule has 2 unspecified atom stereocenters. The van der Waals surface area contributed by atoms with Crippen molar-refractivity contribution in [1.82, 2.24) is 0 Å². The van der Waals surface area contributed by atoms with E-state index in [0.717, 1.165) is 24.9 Å². The molecule has 2 atom stereocenters. The fourth-order valence-electron chi connectivity index (χ4n) is 2.62. The number of aliphatic carboxylic acids is 1. The zero-order valence-corrected chi connectivity index (χ0v) is 11.3. The van der Waals surface area contributed by atoms with Gasteiger partial charge in [-0.2, -0.15) is 0 Å². The zero-order valence-electron chi connectivity index (χ0n) is 11.3. The first-order valence-electron chi connectivity index (χ1n) is 6.85. The number of hydrogen-bond acceptors (Lipinski definition) is 3. The lowest BCUT2D eigenvalue weighted by atomic mass is 9.99. The summed E-state index contributed by atoms with van der Waals surface area (Å²) in [6, 6.07) is 10.0. The number of anilines is 1. The van der Waals surface area contributed by atoms with Crippen molar-refractivity contribution in [3.8, 4) is 0 Å². The smallest absolute Gasteiger partial charge is 0.323 e. The van der Waals surface area contributed by atoms with Crippen molar-refractivity contribution in [2.45, 2.75) is 38.3 Å². The lowest BCUT2D eigenvalue weighted by Gasteiger charge is -2.38. The van der Waals surface area contributed by atoms with E-state index in [0.29, 0.717) is 6.61 Å². The van der Waals surface area contributed by atoms with Gasteiger partial charge < -0.3 is 14.7 Å². The highest BCUT2D eigenvalue weighted by Crippen LogP contribution is 2.25. The third-order valence-electron chi connectivity index (χ3n) is 3.63. The van der Waals surface area contributed by atoms with Crippen LogP contribution in [0.4, 0.5) is 5.69 Å². The van der Waals surface area contributed by atoms with E-state index in [2.05, 4.69) is 6.92 Å². The quantitative estimate of drug-likeness (QED) is 0.887. The minimum absolute atomic E-state index is 0.0467. The number of rotatable bonds is 5. The molecule has 0 radical (unpaired) electrons. The van der Waals surface area contributed by atoms with Crippen molar-refractivity contribution >= 4 is 11.7 Å². The summed E-state index contributed by atoms with van der Waals surface area (Å²) in [6.07, 6.45) is 3.02. The Hall–Kier alpha value is -1.55. The molecule has 0 bridgehead atoms. The van der Waals surface area contributed by atoms with Gasteiger partial charge in [0, 0.05) is 18.3 Å². The van der Waals surface area contributed by atoms with Crippen molar-refractivity contribution in [3.05, 3.63) is 30.3 Å². The normalized spacial score (nSPS) is 23.0. The third-order valence-corrected chi connectivity index (χ3v) is 3.63. The number of carboxylic acid groups (broad SMARTS) is 1. The number of para-hydroxylation sites is 1. The number of carbonyl (C=O) groups is 1. The number of hydrogen-bond donors (Lipinski definition) is 1. The Balaban J connectivity index is 2.15. The van der Waals surface area contributed by atoms with Gasteiger partial charge in [0.05, 0.1) is 6.10 Å². The summed E-state index contributed by atoms with van der Waals surface area (Å²) in [5.74, 6) is -0.789. The maximum Gasteiger partial charge on any atom is 0.323 e. The number of carboxylic acids is 1. The zero-order chi connectivity index (χ0) is 13.7. The number of ether oxygens (including phenoxy) is 1. The summed E-state index contributed by atoms with van der Waals surface area (Å²) >= 11 is 0. The average molecular weight is 263 g/mol. The van der Waals surface area contributed by atoms with Crippen molar-refractivity contribution in [3.63, 3.8) is 0 Å². The second-order valence-corrected chi connectivity index (χ2v) is 4.94. The van der Waals surface area contributed by atoms with Crippen LogP contribution in [0.5, 0.6) is 0 Å². The molecule has 1 aromatic carbocycles. The SMILES string of the molecule is CCC1CC(N(CC(=O)O)c2ccccc2)CCO1. The van der Waals surface area contributed by atoms with Gasteiger partial charge in [-0.25, -0.2) is 0 Å². The monoisotopic (exact) mass is 263 g/mol. The van der Waals surface area contributed by atoms with E-state index in [1.165, 1.54) is 0 Å². The van der Waals surface area contributed by atoms with Gasteiger partial charge in [-0.3, -0.25) is 4.79 Å². The molecule has 1 aliphatic heterocycles. The van der Waals surface area contributed by atoms with Crippen LogP contribution in [0.25, 0.3) is 0 Å². The molecule has 0 saturated carbocycles. The number of nitrogens with zero attached hydrogens (tertiary/aromatic N) is 1. The Bertz CT molecular complexity index is 407. The minimum atomic E-state index is -0.789. The Morgan fingerprint density at radius 1 is 1.42 bits per heavy atom. The van der Waals surface area contributed by atoms with Crippen LogP contribution in [-0.2, 0) is 9.53 Å². The molecule has 0 aliphatic carbocycles. The minimum Gasteiger partial charge on any atom is -0.480 e. The molecule has 1 aliphatic rings. The first-order valence-corrected chi connectivity index (χ1v) is 6.85. The molecule has 0 aromatic heterocycles. The van der Waals surface area contributed by atoms with Gasteiger partial charge in [0.15, 0.2) is 0 Å². The average Bonchev–Trinajstić information content (AvgIpc) is 2.45. The van der Waals surface area contributed by atoms with Crippen LogP contribution in [-0.4, -0.2) is 36.4 Å². The van der Waals surface area contributed by atoms with E-state index in [9.17, 15) is 4.79 Å². The van der Waals surface area contributed by atoms with E-state index in [1.807, 2.05) is 35.2 Å². The molecule has 4 heteroatoms. The summed E-state index contributed by atoms with van der Waals surface area (Å²) in [6.45, 7) is 2.87. The molecule has 1 saturated heterocycles. The first-order chi connectivity index (χ1) is 9.20. The summed E-state index contributed by atoms with van der Waals surface area (Å²) in [7, 11) is 0. The second-order valence-electron chi connectivity index (χ2n) is 4.94. The predicted octanol–water partition coefficient (Wildman–Crippen LogP) is 2.54. The molecule has 1 heterocycles. The van der Waals surface area contributed by atoms with Gasteiger partial charge >= 0.3 is 5.97 Å². The van der Waals surface area contributed by atoms with E-state index in [1.54, 1.807) is 0 Å². The van der Waals surface area contributed by atoms with Gasteiger partial charge in [-0.15, -0.1) is 0 Å². The Kier molecular flexibility index (Phi) is 4.80. The lowest BCUT2D eigenvalue weighted by Crippen LogP contribution is -2.44. The van der Waals surface area contributed by atoms with Crippen LogP contribution in [0.1, 0.15) is 26.2 Å². The van der Waals surface area contributed by atoms with Gasteiger partial charge in [-0.05, 0) is 31.4 Å². The largest absolute Gasteiger partial charge is 0.480 e. The first kappa shape index (κ1) is 13.9. The van der Waals surface area contributed by atoms with Crippen molar-refractivity contribution in [2.24, 2.45) is 0 Å². The molecule has 1 N–H and O–H groups in total. The topological polar surface area (TPSA) is 49.8 Å². The van der Waals surface area contributed by atoms with Crippen molar-refractivity contribution in [2.75, 3.05) is 18.1 Å². The van der Waals surface area contributed by atoms with Crippen LogP contribution in [0.15, 0.2) is 30.3 Å². The molecule has 19 heavy (non-hydrogen) atoms. The molecular formula is C15H21NO3. The summed E-state index contributed by atoms with van der Waals surface area (Å²) in [5, 5.41) is 9.13. The highest BCUT2D eigenvalue weighted by molar-refractivity contribution is 5.74. The van der Waals surface area contributed by atoms with E-state index < -0.39 is 5.97 Å². The van der Waals surface area contributed by atoms with Gasteiger partial charge in [0.2, 0.25) is 0 Å². The van der Waals surface area contributed by atoms with Crippen molar-refractivity contribution in [1.29, 1.82) is 0 Å². The third kappa shape index (κ3) is 3.70. The molecule has 1 fully saturated rings. The molecule has 0 spiro atoms. The molecule has 4 nitrogen and oxygen atoms in total. The number of benzene rings is 1. The molecule has 104 valence electrons. The van der Waals surface area contributed by atoms with Crippen LogP contribution >= 0.6 is 0 Å². The molecular weight excluding hydrogens is 242 g/mol. The lowest BCUT2D eigenvalue weighted by molar-refractivity contribution is -0.135. The Morgan fingerprint density at radius 2 is 2.16 bits per heavy atom. The van der Waals surface area contributed by atoms with Crippen LogP contribution in [0.2, 0.25) is 0 Å². The van der Waals surface area contributed by atoms with Crippen LogP contribution < -0.4 is 4.90 Å². The standard InChI is InChI=1S/C15H21NO3/c1-2-14-10-13(8-9-19-14)16(11-15(17)18)12-6-4-3-5-7-12/h3-7,13-14H,2,8-11H2,1H3,(H,17,18). The van der Waals surface area contributed by atoms with Gasteiger partial charge in [0.1, 0.15) is 6.54 Å². The van der Waals surface area contributed by atoms with Gasteiger partial charge in [0.25, 0.3) is 0 Å². The Labute approximate surface area is 114 Å². The van der Waals surface area contributed by atoms with Gasteiger partial charge in [-0.1, -0.05) is 25.1 Å². The molecule has 2 rings (SSSR count). The highest BCUT2D eigenvalue weighted by atomic mass is 16.5. The summed E-state index contributed by atoms with van der Waals surface area (Å²) < 4.78 is 5.67. The maximum absolute atomic E-state index is 11.1. The van der Waals surface area contributed by atoms with Crippen LogP contribution in [0.3, 0.4) is 0 Å². The summed E-state index contributed by atoms with van der Waals surface area (Å²) in [5.41, 5.74) is 0.978. The second kappa shape index (κ2) is 6.57.